The Balaban J connectivity index is 2.05. The number of hydrogen-bond donors (Lipinski definition) is 1. The summed E-state index contributed by atoms with van der Waals surface area (Å²) in [5, 5.41) is 3.65. The number of nitrogens with one attached hydrogen (secondary N) is 1. The van der Waals surface area contributed by atoms with Crippen LogP contribution in [0.25, 0.3) is 0 Å². The van der Waals surface area contributed by atoms with Gasteiger partial charge in [-0.05, 0) is 44.1 Å². The average Bonchev–Trinajstić information content (AvgIpc) is 2.25. The number of thioether (sulfide) groups is 1. The van der Waals surface area contributed by atoms with E-state index in [2.05, 4.69) is 5.32 Å². The number of hydrogen-bond acceptors (Lipinski definition) is 2. The van der Waals surface area contributed by atoms with Gasteiger partial charge < -0.3 is 5.32 Å². The second-order valence-electron chi connectivity index (χ2n) is 3.64. The lowest BCUT2D eigenvalue weighted by molar-refractivity contribution is 0.529. The van der Waals surface area contributed by atoms with Gasteiger partial charge in [-0.15, -0.1) is 11.8 Å². The van der Waals surface area contributed by atoms with Gasteiger partial charge in [0.2, 0.25) is 0 Å². The summed E-state index contributed by atoms with van der Waals surface area (Å²) in [7, 11) is 0. The normalized spacial score (nSPS) is 18.0. The highest BCUT2D eigenvalue weighted by atomic mass is 32.2. The van der Waals surface area contributed by atoms with Gasteiger partial charge >= 0.3 is 0 Å². The van der Waals surface area contributed by atoms with Crippen molar-refractivity contribution in [3.05, 3.63) is 29.8 Å². The summed E-state index contributed by atoms with van der Waals surface area (Å²) in [6, 6.07) is 3.63. The van der Waals surface area contributed by atoms with Crippen molar-refractivity contribution in [1.82, 2.24) is 5.32 Å². The largest absolute Gasteiger partial charge is 0.317 e. The highest BCUT2D eigenvalue weighted by molar-refractivity contribution is 8.00. The number of piperidine rings is 1. The van der Waals surface area contributed by atoms with E-state index in [1.165, 1.54) is 23.9 Å². The minimum atomic E-state index is -0.368. The second-order valence-corrected chi connectivity index (χ2v) is 4.98. The molecule has 0 spiro atoms. The summed E-state index contributed by atoms with van der Waals surface area (Å²) in [6.07, 6.45) is 2.03. The van der Waals surface area contributed by atoms with Gasteiger partial charge in [-0.3, -0.25) is 0 Å². The van der Waals surface area contributed by atoms with Crippen molar-refractivity contribution >= 4 is 11.8 Å². The lowest BCUT2D eigenvalue weighted by Gasteiger charge is -2.22. The highest BCUT2D eigenvalue weighted by Crippen LogP contribution is 2.30. The first-order valence-electron chi connectivity index (χ1n) is 5.08. The smallest absolute Gasteiger partial charge is 0.136 e. The van der Waals surface area contributed by atoms with Gasteiger partial charge in [0.15, 0.2) is 0 Å². The molecule has 1 heterocycles. The Morgan fingerprint density at radius 3 is 2.67 bits per heavy atom. The number of halogens is 2. The van der Waals surface area contributed by atoms with Crippen molar-refractivity contribution < 1.29 is 8.78 Å². The molecule has 0 aromatic heterocycles. The van der Waals surface area contributed by atoms with Crippen molar-refractivity contribution in [3.8, 4) is 0 Å². The Bertz CT molecular complexity index is 337. The average molecular weight is 229 g/mol. The molecule has 0 aliphatic carbocycles. The molecule has 0 amide bonds. The van der Waals surface area contributed by atoms with Crippen molar-refractivity contribution in [2.45, 2.75) is 23.0 Å². The zero-order valence-electron chi connectivity index (χ0n) is 8.30. The molecule has 0 unspecified atom stereocenters. The van der Waals surface area contributed by atoms with Crippen LogP contribution >= 0.6 is 11.8 Å². The van der Waals surface area contributed by atoms with E-state index in [0.717, 1.165) is 32.0 Å². The van der Waals surface area contributed by atoms with Gasteiger partial charge in [0.1, 0.15) is 11.6 Å². The Hall–Kier alpha value is -0.610. The predicted molar refractivity (Wildman–Crippen MR) is 58.1 cm³/mol. The molecule has 1 aliphatic heterocycles. The third kappa shape index (κ3) is 2.92. The summed E-state index contributed by atoms with van der Waals surface area (Å²) >= 11 is 1.45. The molecule has 1 aromatic carbocycles. The van der Waals surface area contributed by atoms with E-state index in [9.17, 15) is 8.78 Å². The molecular formula is C11H13F2NS. The topological polar surface area (TPSA) is 12.0 Å². The minimum absolute atomic E-state index is 0.320. The quantitative estimate of drug-likeness (QED) is 0.837. The molecule has 4 heteroatoms. The van der Waals surface area contributed by atoms with E-state index in [1.54, 1.807) is 0 Å². The van der Waals surface area contributed by atoms with E-state index in [4.69, 9.17) is 0 Å². The fourth-order valence-electron chi connectivity index (χ4n) is 1.66. The van der Waals surface area contributed by atoms with Crippen molar-refractivity contribution in [2.75, 3.05) is 13.1 Å². The van der Waals surface area contributed by atoms with E-state index >= 15 is 0 Å². The van der Waals surface area contributed by atoms with Gasteiger partial charge in [0, 0.05) is 10.1 Å². The fourth-order valence-corrected chi connectivity index (χ4v) is 2.85. The first-order valence-corrected chi connectivity index (χ1v) is 5.96. The lowest BCUT2D eigenvalue weighted by Crippen LogP contribution is -2.29. The molecule has 82 valence electrons. The second kappa shape index (κ2) is 4.94. The van der Waals surface area contributed by atoms with Crippen LogP contribution in [0.5, 0.6) is 0 Å². The third-order valence-corrected chi connectivity index (χ3v) is 3.84. The summed E-state index contributed by atoms with van der Waals surface area (Å²) in [6.45, 7) is 1.93. The Labute approximate surface area is 92.3 Å². The maximum atomic E-state index is 13.3. The minimum Gasteiger partial charge on any atom is -0.317 e. The van der Waals surface area contributed by atoms with Gasteiger partial charge in [-0.25, -0.2) is 8.78 Å². The maximum Gasteiger partial charge on any atom is 0.136 e. The van der Waals surface area contributed by atoms with Crippen LogP contribution in [0.15, 0.2) is 23.1 Å². The van der Waals surface area contributed by atoms with Crippen LogP contribution in [0.4, 0.5) is 8.78 Å². The zero-order valence-corrected chi connectivity index (χ0v) is 9.12. The van der Waals surface area contributed by atoms with Crippen molar-refractivity contribution in [2.24, 2.45) is 0 Å². The SMILES string of the molecule is Fc1ccc(F)c(SC2CCNCC2)c1. The van der Waals surface area contributed by atoms with Crippen LogP contribution in [0, 0.1) is 11.6 Å². The first kappa shape index (κ1) is 10.9. The molecule has 1 N–H and O–H groups in total. The van der Waals surface area contributed by atoms with E-state index < -0.39 is 0 Å². The predicted octanol–water partition coefficient (Wildman–Crippen LogP) is 2.81. The van der Waals surface area contributed by atoms with Gasteiger partial charge in [0.25, 0.3) is 0 Å². The molecule has 1 saturated heterocycles. The lowest BCUT2D eigenvalue weighted by atomic mass is 10.2. The molecule has 0 radical (unpaired) electrons. The molecule has 1 fully saturated rings. The van der Waals surface area contributed by atoms with Gasteiger partial charge in [-0.2, -0.15) is 0 Å². The number of benzene rings is 1. The molecule has 0 bridgehead atoms. The Morgan fingerprint density at radius 2 is 1.93 bits per heavy atom. The van der Waals surface area contributed by atoms with Crippen LogP contribution in [-0.4, -0.2) is 18.3 Å². The fraction of sp³-hybridized carbons (Fsp3) is 0.455. The molecule has 1 nitrogen and oxygen atoms in total. The van der Waals surface area contributed by atoms with Crippen LogP contribution in [0.2, 0.25) is 0 Å². The highest BCUT2D eigenvalue weighted by Gasteiger charge is 2.16. The molecular weight excluding hydrogens is 216 g/mol. The number of rotatable bonds is 2. The van der Waals surface area contributed by atoms with Gasteiger partial charge in [-0.1, -0.05) is 0 Å². The first-order chi connectivity index (χ1) is 7.25. The zero-order chi connectivity index (χ0) is 10.7. The van der Waals surface area contributed by atoms with Crippen molar-refractivity contribution in [3.63, 3.8) is 0 Å². The maximum absolute atomic E-state index is 13.3. The summed E-state index contributed by atoms with van der Waals surface area (Å²) in [5.74, 6) is -0.687. The summed E-state index contributed by atoms with van der Waals surface area (Å²) in [4.78, 5) is 0.432. The molecule has 15 heavy (non-hydrogen) atoms. The standard InChI is InChI=1S/C11H13F2NS/c12-8-1-2-10(13)11(7-8)15-9-3-5-14-6-4-9/h1-2,7,9,14H,3-6H2. The molecule has 1 aromatic rings. The van der Waals surface area contributed by atoms with Crippen LogP contribution < -0.4 is 5.32 Å². The van der Waals surface area contributed by atoms with Crippen LogP contribution in [-0.2, 0) is 0 Å². The molecule has 0 atom stereocenters. The summed E-state index contributed by atoms with van der Waals surface area (Å²) < 4.78 is 26.2. The molecule has 0 saturated carbocycles. The van der Waals surface area contributed by atoms with E-state index in [0.29, 0.717) is 10.1 Å². The third-order valence-electron chi connectivity index (χ3n) is 2.47. The van der Waals surface area contributed by atoms with E-state index in [-0.39, 0.29) is 11.6 Å². The monoisotopic (exact) mass is 229 g/mol. The van der Waals surface area contributed by atoms with E-state index in [1.807, 2.05) is 0 Å². The molecule has 1 aliphatic rings. The molecule has 2 rings (SSSR count). The van der Waals surface area contributed by atoms with Gasteiger partial charge in [0.05, 0.1) is 0 Å². The van der Waals surface area contributed by atoms with Crippen molar-refractivity contribution in [1.29, 1.82) is 0 Å². The van der Waals surface area contributed by atoms with Crippen LogP contribution in [0.1, 0.15) is 12.8 Å². The van der Waals surface area contributed by atoms with Crippen LogP contribution in [0.3, 0.4) is 0 Å². The Kier molecular flexibility index (Phi) is 3.59. The Morgan fingerprint density at radius 1 is 1.20 bits per heavy atom. The summed E-state index contributed by atoms with van der Waals surface area (Å²) in [5.41, 5.74) is 0.